The molecule has 3 rings (SSSR count). The van der Waals surface area contributed by atoms with Crippen LogP contribution in [0.15, 0.2) is 59.9 Å². The zero-order valence-corrected chi connectivity index (χ0v) is 16.5. The number of carbonyl (C=O) groups is 1. The van der Waals surface area contributed by atoms with Crippen molar-refractivity contribution in [2.45, 2.75) is 12.4 Å². The Kier molecular flexibility index (Phi) is 6.29. The first-order valence-electron chi connectivity index (χ1n) is 8.91. The number of nitrogens with two attached hydrogens (primary N) is 1. The number of nitro groups is 1. The molecule has 0 atom stereocenters. The fourth-order valence-corrected chi connectivity index (χ4v) is 2.70. The van der Waals surface area contributed by atoms with E-state index in [-0.39, 0.29) is 16.9 Å². The molecular formula is C19H11F6N5O4. The number of rotatable bonds is 5. The molecule has 2 aromatic carbocycles. The average molecular weight is 487 g/mol. The lowest BCUT2D eigenvalue weighted by atomic mass is 10.1. The van der Waals surface area contributed by atoms with Gasteiger partial charge in [0.15, 0.2) is 11.5 Å². The molecule has 0 aliphatic rings. The van der Waals surface area contributed by atoms with E-state index in [4.69, 9.17) is 5.73 Å². The van der Waals surface area contributed by atoms with Crippen LogP contribution < -0.4 is 5.73 Å². The first kappa shape index (κ1) is 24.2. The molecule has 0 amide bonds. The summed E-state index contributed by atoms with van der Waals surface area (Å²) in [5.41, 5.74) is 1.27. The van der Waals surface area contributed by atoms with Crippen molar-refractivity contribution in [2.24, 2.45) is 10.9 Å². The number of amidine groups is 1. The first-order valence-corrected chi connectivity index (χ1v) is 8.91. The Bertz CT molecular complexity index is 1250. The summed E-state index contributed by atoms with van der Waals surface area (Å²) in [5.74, 6) is -2.17. The summed E-state index contributed by atoms with van der Waals surface area (Å²) in [6, 6.07) is 7.14. The molecule has 178 valence electrons. The van der Waals surface area contributed by atoms with Crippen LogP contribution in [0, 0.1) is 10.1 Å². The molecule has 0 fully saturated rings. The molecule has 0 bridgehead atoms. The fraction of sp³-hybridized carbons (Fsp3) is 0.105. The molecule has 0 saturated carbocycles. The van der Waals surface area contributed by atoms with E-state index in [9.17, 15) is 41.3 Å². The molecule has 15 heteroatoms. The van der Waals surface area contributed by atoms with Gasteiger partial charge in [0.05, 0.1) is 22.4 Å². The van der Waals surface area contributed by atoms with Crippen LogP contribution in [-0.4, -0.2) is 26.5 Å². The minimum absolute atomic E-state index is 0.0848. The highest BCUT2D eigenvalue weighted by Crippen LogP contribution is 2.34. The van der Waals surface area contributed by atoms with Gasteiger partial charge in [0.25, 0.3) is 5.69 Å². The van der Waals surface area contributed by atoms with Gasteiger partial charge in [0.1, 0.15) is 5.56 Å². The summed E-state index contributed by atoms with van der Waals surface area (Å²) in [6.07, 6.45) is -9.15. The Balaban J connectivity index is 1.88. The van der Waals surface area contributed by atoms with Gasteiger partial charge in [0.2, 0.25) is 0 Å². The Morgan fingerprint density at radius 2 is 1.59 bits per heavy atom. The van der Waals surface area contributed by atoms with Crippen LogP contribution in [0.1, 0.15) is 27.2 Å². The van der Waals surface area contributed by atoms with Crippen LogP contribution in [0.4, 0.5) is 32.0 Å². The van der Waals surface area contributed by atoms with Crippen LogP contribution in [0.5, 0.6) is 0 Å². The third-order valence-corrected chi connectivity index (χ3v) is 4.30. The van der Waals surface area contributed by atoms with Crippen LogP contribution in [0.2, 0.25) is 0 Å². The first-order chi connectivity index (χ1) is 15.8. The molecule has 1 aromatic heterocycles. The fourth-order valence-electron chi connectivity index (χ4n) is 2.70. The quantitative estimate of drug-likeness (QED) is 0.143. The molecule has 0 aliphatic heterocycles. The van der Waals surface area contributed by atoms with Crippen molar-refractivity contribution in [3.05, 3.63) is 87.2 Å². The number of carbonyl (C=O) groups excluding carboxylic acids is 1. The highest BCUT2D eigenvalue weighted by molar-refractivity contribution is 5.98. The van der Waals surface area contributed by atoms with Crippen LogP contribution in [0.3, 0.4) is 0 Å². The number of hydrogen-bond acceptors (Lipinski definition) is 6. The number of non-ortho nitro benzene ring substituents is 1. The standard InChI is InChI=1S/C19H11F6N5O4/c20-18(21,22)11-3-1-10(2-4-11)16(26)28-34-17(31)14-9-27-29(15(14)19(23,24)25)12-5-7-13(8-6-12)30(32)33/h1-9H,(H2,26,28). The SMILES string of the molecule is NC(=NOC(=O)c1cnn(-c2ccc([N+](=O)[O-])cc2)c1C(F)(F)F)c1ccc(C(F)(F)F)cc1. The Morgan fingerprint density at radius 1 is 1.00 bits per heavy atom. The van der Waals surface area contributed by atoms with Crippen molar-refractivity contribution >= 4 is 17.5 Å². The molecular weight excluding hydrogens is 476 g/mol. The van der Waals surface area contributed by atoms with Gasteiger partial charge >= 0.3 is 18.3 Å². The molecule has 0 spiro atoms. The molecule has 9 nitrogen and oxygen atoms in total. The highest BCUT2D eigenvalue weighted by Gasteiger charge is 2.41. The van der Waals surface area contributed by atoms with E-state index in [1.165, 1.54) is 0 Å². The Hall–Kier alpha value is -4.43. The number of alkyl halides is 6. The molecule has 2 N–H and O–H groups in total. The maximum atomic E-state index is 13.7. The van der Waals surface area contributed by atoms with Gasteiger partial charge in [0, 0.05) is 17.7 Å². The van der Waals surface area contributed by atoms with E-state index in [1.807, 2.05) is 0 Å². The summed E-state index contributed by atoms with van der Waals surface area (Å²) >= 11 is 0. The molecule has 0 saturated heterocycles. The molecule has 0 aliphatic carbocycles. The van der Waals surface area contributed by atoms with E-state index >= 15 is 0 Å². The van der Waals surface area contributed by atoms with Gasteiger partial charge < -0.3 is 10.6 Å². The van der Waals surface area contributed by atoms with Gasteiger partial charge in [-0.15, -0.1) is 0 Å². The lowest BCUT2D eigenvalue weighted by Crippen LogP contribution is -2.19. The zero-order valence-electron chi connectivity index (χ0n) is 16.5. The predicted octanol–water partition coefficient (Wildman–Crippen LogP) is 4.30. The van der Waals surface area contributed by atoms with E-state index in [0.29, 0.717) is 23.0 Å². The maximum Gasteiger partial charge on any atom is 0.434 e. The van der Waals surface area contributed by atoms with Crippen molar-refractivity contribution in [3.63, 3.8) is 0 Å². The second-order valence-electron chi connectivity index (χ2n) is 6.52. The molecule has 34 heavy (non-hydrogen) atoms. The maximum absolute atomic E-state index is 13.7. The van der Waals surface area contributed by atoms with Gasteiger partial charge in [-0.05, 0) is 24.3 Å². The number of halogens is 6. The highest BCUT2D eigenvalue weighted by atomic mass is 19.4. The van der Waals surface area contributed by atoms with E-state index in [2.05, 4.69) is 15.1 Å². The summed E-state index contributed by atoms with van der Waals surface area (Å²) < 4.78 is 79.2. The van der Waals surface area contributed by atoms with Crippen LogP contribution >= 0.6 is 0 Å². The minimum Gasteiger partial charge on any atom is -0.380 e. The summed E-state index contributed by atoms with van der Waals surface area (Å²) in [4.78, 5) is 26.7. The van der Waals surface area contributed by atoms with Crippen molar-refractivity contribution < 1.29 is 40.9 Å². The minimum atomic E-state index is -5.10. The summed E-state index contributed by atoms with van der Waals surface area (Å²) in [6.45, 7) is 0. The predicted molar refractivity (Wildman–Crippen MR) is 103 cm³/mol. The number of aromatic nitrogens is 2. The average Bonchev–Trinajstić information content (AvgIpc) is 3.23. The normalized spacial score (nSPS) is 12.5. The summed E-state index contributed by atoms with van der Waals surface area (Å²) in [5, 5.41) is 17.4. The largest absolute Gasteiger partial charge is 0.434 e. The topological polar surface area (TPSA) is 126 Å². The third-order valence-electron chi connectivity index (χ3n) is 4.30. The zero-order chi connectivity index (χ0) is 25.3. The van der Waals surface area contributed by atoms with E-state index < -0.39 is 45.9 Å². The molecule has 0 unspecified atom stereocenters. The monoisotopic (exact) mass is 487 g/mol. The van der Waals surface area contributed by atoms with Crippen LogP contribution in [0.25, 0.3) is 5.69 Å². The van der Waals surface area contributed by atoms with Gasteiger partial charge in [-0.1, -0.05) is 17.3 Å². The van der Waals surface area contributed by atoms with Gasteiger partial charge in [-0.3, -0.25) is 10.1 Å². The van der Waals surface area contributed by atoms with Gasteiger partial charge in [-0.2, -0.15) is 31.4 Å². The second kappa shape index (κ2) is 8.84. The number of nitro benzene ring substituents is 1. The van der Waals surface area contributed by atoms with Crippen LogP contribution in [-0.2, 0) is 17.2 Å². The van der Waals surface area contributed by atoms with E-state index in [1.54, 1.807) is 0 Å². The molecule has 1 heterocycles. The lowest BCUT2D eigenvalue weighted by Gasteiger charge is -2.12. The summed E-state index contributed by atoms with van der Waals surface area (Å²) in [7, 11) is 0. The number of benzene rings is 2. The molecule has 3 aromatic rings. The Labute approximate surface area is 185 Å². The van der Waals surface area contributed by atoms with Crippen molar-refractivity contribution in [2.75, 3.05) is 0 Å². The Morgan fingerprint density at radius 3 is 2.09 bits per heavy atom. The van der Waals surface area contributed by atoms with Crippen molar-refractivity contribution in [3.8, 4) is 5.69 Å². The third kappa shape index (κ3) is 5.13. The molecule has 0 radical (unpaired) electrons. The van der Waals surface area contributed by atoms with Crippen molar-refractivity contribution in [1.82, 2.24) is 9.78 Å². The second-order valence-corrected chi connectivity index (χ2v) is 6.52. The number of oxime groups is 1. The number of nitrogens with zero attached hydrogens (tertiary/aromatic N) is 4. The smallest absolute Gasteiger partial charge is 0.380 e. The van der Waals surface area contributed by atoms with Gasteiger partial charge in [-0.25, -0.2) is 9.48 Å². The van der Waals surface area contributed by atoms with Crippen molar-refractivity contribution in [1.29, 1.82) is 0 Å². The number of hydrogen-bond donors (Lipinski definition) is 1. The van der Waals surface area contributed by atoms with E-state index in [0.717, 1.165) is 36.4 Å². The lowest BCUT2D eigenvalue weighted by molar-refractivity contribution is -0.384.